The number of benzene rings is 1. The molecule has 0 radical (unpaired) electrons. The quantitative estimate of drug-likeness (QED) is 0.131. The lowest BCUT2D eigenvalue weighted by Gasteiger charge is -2.31. The summed E-state index contributed by atoms with van der Waals surface area (Å²) in [4.78, 5) is 17.1. The van der Waals surface area contributed by atoms with Crippen molar-refractivity contribution in [2.45, 2.75) is 110 Å². The fourth-order valence-corrected chi connectivity index (χ4v) is 4.88. The molecule has 1 aliphatic heterocycles. The van der Waals surface area contributed by atoms with Crippen molar-refractivity contribution < 1.29 is 9.53 Å². The largest absolute Gasteiger partial charge is 0.494 e. The molecule has 0 atom stereocenters. The monoisotopic (exact) mass is 486 g/mol. The van der Waals surface area contributed by atoms with E-state index < -0.39 is 0 Å². The van der Waals surface area contributed by atoms with Gasteiger partial charge in [-0.1, -0.05) is 103 Å². The molecule has 0 spiro atoms. The molecule has 0 bridgehead atoms. The van der Waals surface area contributed by atoms with Crippen molar-refractivity contribution in [3.8, 4) is 5.75 Å². The van der Waals surface area contributed by atoms with Crippen molar-refractivity contribution in [3.05, 3.63) is 29.8 Å². The Morgan fingerprint density at radius 2 is 1.14 bits per heavy atom. The number of hydrogen-bond donors (Lipinski definition) is 0. The Morgan fingerprint density at radius 1 is 0.686 bits per heavy atom. The summed E-state index contributed by atoms with van der Waals surface area (Å²) in [5, 5.41) is 0. The van der Waals surface area contributed by atoms with Crippen LogP contribution >= 0.6 is 0 Å². The predicted octanol–water partition coefficient (Wildman–Crippen LogP) is 7.76. The second-order valence-corrected chi connectivity index (χ2v) is 10.7. The zero-order valence-electron chi connectivity index (χ0n) is 23.1. The summed E-state index contributed by atoms with van der Waals surface area (Å²) in [5.74, 6) is 1.08. The first-order valence-electron chi connectivity index (χ1n) is 14.9. The first-order chi connectivity index (χ1) is 17.2. The molecule has 0 saturated carbocycles. The number of rotatable bonds is 21. The van der Waals surface area contributed by atoms with Crippen LogP contribution in [-0.2, 0) is 0 Å². The molecule has 1 fully saturated rings. The lowest BCUT2D eigenvalue weighted by Crippen LogP contribution is -2.46. The van der Waals surface area contributed by atoms with Crippen LogP contribution in [-0.4, -0.2) is 62.0 Å². The van der Waals surface area contributed by atoms with Crippen molar-refractivity contribution in [1.82, 2.24) is 9.80 Å². The van der Waals surface area contributed by atoms with Gasteiger partial charge in [0, 0.05) is 31.7 Å². The molecule has 4 nitrogen and oxygen atoms in total. The van der Waals surface area contributed by atoms with E-state index in [4.69, 9.17) is 4.74 Å². The van der Waals surface area contributed by atoms with Gasteiger partial charge >= 0.3 is 0 Å². The van der Waals surface area contributed by atoms with E-state index >= 15 is 0 Å². The summed E-state index contributed by atoms with van der Waals surface area (Å²) < 4.78 is 5.89. The van der Waals surface area contributed by atoms with E-state index in [1.54, 1.807) is 0 Å². The van der Waals surface area contributed by atoms with Gasteiger partial charge in [0.2, 0.25) is 0 Å². The molecule has 0 unspecified atom stereocenters. The number of ketones is 1. The summed E-state index contributed by atoms with van der Waals surface area (Å²) in [6, 6.07) is 7.73. The van der Waals surface area contributed by atoms with Crippen LogP contribution < -0.4 is 4.74 Å². The molecule has 0 aromatic heterocycles. The highest BCUT2D eigenvalue weighted by molar-refractivity contribution is 5.97. The maximum Gasteiger partial charge on any atom is 0.176 e. The topological polar surface area (TPSA) is 32.8 Å². The number of hydrogen-bond acceptors (Lipinski definition) is 4. The molecule has 0 N–H and O–H groups in total. The maximum atomic E-state index is 12.5. The van der Waals surface area contributed by atoms with Gasteiger partial charge in [-0.05, 0) is 37.7 Å². The third kappa shape index (κ3) is 14.7. The first-order valence-corrected chi connectivity index (χ1v) is 14.9. The van der Waals surface area contributed by atoms with Crippen LogP contribution in [0.25, 0.3) is 0 Å². The maximum absolute atomic E-state index is 12.5. The number of unbranched alkanes of at least 4 members (excludes halogenated alkanes) is 15. The lowest BCUT2D eigenvalue weighted by molar-refractivity contribution is 0.0876. The minimum absolute atomic E-state index is 0.207. The number of piperazine rings is 1. The number of nitrogens with zero attached hydrogens (tertiary/aromatic N) is 2. The molecular formula is C31H54N2O2. The number of likely N-dealkylation sites (N-methyl/N-ethyl adjacent to an activating group) is 1. The van der Waals surface area contributed by atoms with Crippen molar-refractivity contribution >= 4 is 5.78 Å². The van der Waals surface area contributed by atoms with Crippen molar-refractivity contribution in [2.75, 3.05) is 46.4 Å². The molecule has 1 heterocycles. The van der Waals surface area contributed by atoms with Gasteiger partial charge in [0.15, 0.2) is 5.78 Å². The van der Waals surface area contributed by atoms with Crippen LogP contribution in [0.5, 0.6) is 5.75 Å². The molecule has 0 amide bonds. The number of carbonyl (C=O) groups excluding carboxylic acids is 1. The van der Waals surface area contributed by atoms with Gasteiger partial charge in [0.1, 0.15) is 5.75 Å². The van der Waals surface area contributed by atoms with Gasteiger partial charge in [-0.2, -0.15) is 0 Å². The second kappa shape index (κ2) is 19.8. The molecule has 4 heteroatoms. The van der Waals surface area contributed by atoms with Gasteiger partial charge in [0.25, 0.3) is 0 Å². The van der Waals surface area contributed by atoms with Crippen LogP contribution in [0.3, 0.4) is 0 Å². The van der Waals surface area contributed by atoms with Gasteiger partial charge in [0.05, 0.1) is 13.2 Å². The minimum atomic E-state index is 0.207. The summed E-state index contributed by atoms with van der Waals surface area (Å²) in [6.45, 7) is 7.61. The van der Waals surface area contributed by atoms with Crippen LogP contribution in [0.2, 0.25) is 0 Å². The van der Waals surface area contributed by atoms with Crippen LogP contribution in [0, 0.1) is 0 Å². The van der Waals surface area contributed by atoms with Crippen LogP contribution in [0.1, 0.15) is 120 Å². The molecule has 1 saturated heterocycles. The standard InChI is InChI=1S/C31H54N2O2/c1-3-4-5-6-7-8-9-10-11-12-13-14-15-16-17-18-27-35-30-21-19-29(20-22-30)31(34)28-33-25-23-32(2)24-26-33/h19-22H,3-18,23-28H2,1-2H3. The Hall–Kier alpha value is -1.39. The Labute approximate surface area is 216 Å². The summed E-state index contributed by atoms with van der Waals surface area (Å²) in [6.07, 6.45) is 22.1. The molecule has 1 aromatic carbocycles. The second-order valence-electron chi connectivity index (χ2n) is 10.7. The smallest absolute Gasteiger partial charge is 0.176 e. The van der Waals surface area contributed by atoms with E-state index in [1.165, 1.54) is 96.3 Å². The number of ether oxygens (including phenoxy) is 1. The van der Waals surface area contributed by atoms with E-state index in [-0.39, 0.29) is 5.78 Å². The average molecular weight is 487 g/mol. The molecule has 1 aromatic rings. The van der Waals surface area contributed by atoms with Crippen molar-refractivity contribution in [2.24, 2.45) is 0 Å². The Bertz CT molecular complexity index is 638. The van der Waals surface area contributed by atoms with E-state index in [0.29, 0.717) is 6.54 Å². The highest BCUT2D eigenvalue weighted by atomic mass is 16.5. The van der Waals surface area contributed by atoms with Crippen molar-refractivity contribution in [3.63, 3.8) is 0 Å². The Morgan fingerprint density at radius 3 is 1.63 bits per heavy atom. The molecule has 0 aliphatic carbocycles. The summed E-state index contributed by atoms with van der Waals surface area (Å²) in [5.41, 5.74) is 0.790. The van der Waals surface area contributed by atoms with Crippen LogP contribution in [0.15, 0.2) is 24.3 Å². The number of Topliss-reactive ketones (excluding diaryl/α,β-unsaturated/α-hetero) is 1. The van der Waals surface area contributed by atoms with Gasteiger partial charge < -0.3 is 9.64 Å². The fourth-order valence-electron chi connectivity index (χ4n) is 4.88. The Kier molecular flexibility index (Phi) is 16.8. The molecule has 2 rings (SSSR count). The van der Waals surface area contributed by atoms with E-state index in [2.05, 4.69) is 23.8 Å². The normalized spacial score (nSPS) is 14.9. The van der Waals surface area contributed by atoms with Gasteiger partial charge in [-0.3, -0.25) is 9.69 Å². The SMILES string of the molecule is CCCCCCCCCCCCCCCCCCOc1ccc(C(=O)CN2CCN(C)CC2)cc1. The van der Waals surface area contributed by atoms with E-state index in [9.17, 15) is 4.79 Å². The average Bonchev–Trinajstić information content (AvgIpc) is 2.87. The van der Waals surface area contributed by atoms with Gasteiger partial charge in [-0.15, -0.1) is 0 Å². The van der Waals surface area contributed by atoms with E-state index in [1.807, 2.05) is 24.3 Å². The minimum Gasteiger partial charge on any atom is -0.494 e. The number of carbonyl (C=O) groups is 1. The molecule has 1 aliphatic rings. The van der Waals surface area contributed by atoms with Crippen molar-refractivity contribution in [1.29, 1.82) is 0 Å². The molecule has 200 valence electrons. The highest BCUT2D eigenvalue weighted by Gasteiger charge is 2.17. The highest BCUT2D eigenvalue weighted by Crippen LogP contribution is 2.16. The zero-order valence-corrected chi connectivity index (χ0v) is 23.1. The fraction of sp³-hybridized carbons (Fsp3) is 0.774. The third-order valence-corrected chi connectivity index (χ3v) is 7.41. The first kappa shape index (κ1) is 29.8. The van der Waals surface area contributed by atoms with E-state index in [0.717, 1.165) is 50.5 Å². The van der Waals surface area contributed by atoms with Crippen LogP contribution in [0.4, 0.5) is 0 Å². The molecule has 35 heavy (non-hydrogen) atoms. The third-order valence-electron chi connectivity index (χ3n) is 7.41. The summed E-state index contributed by atoms with van der Waals surface area (Å²) in [7, 11) is 2.14. The zero-order chi connectivity index (χ0) is 25.0. The molecular weight excluding hydrogens is 432 g/mol. The predicted molar refractivity (Wildman–Crippen MR) is 150 cm³/mol. The Balaban J connectivity index is 1.38. The summed E-state index contributed by atoms with van der Waals surface area (Å²) >= 11 is 0. The van der Waals surface area contributed by atoms with Gasteiger partial charge in [-0.25, -0.2) is 0 Å². The lowest BCUT2D eigenvalue weighted by atomic mass is 10.0.